The van der Waals surface area contributed by atoms with Gasteiger partial charge >= 0.3 is 0 Å². The molecule has 4 N–H and O–H groups in total. The van der Waals surface area contributed by atoms with Gasteiger partial charge in [-0.2, -0.15) is 0 Å². The van der Waals surface area contributed by atoms with Crippen molar-refractivity contribution >= 4 is 26.1 Å². The molecular formula is C11H18N3OP. The van der Waals surface area contributed by atoms with Crippen LogP contribution in [0.25, 0.3) is 0 Å². The maximum atomic E-state index is 10.8. The first-order valence-corrected chi connectivity index (χ1v) is 5.75. The number of carbonyl (C=O) groups excluding carboxylic acids is 1. The molecule has 1 atom stereocenters. The predicted molar refractivity (Wildman–Crippen MR) is 71.1 cm³/mol. The van der Waals surface area contributed by atoms with Crippen molar-refractivity contribution in [2.24, 2.45) is 5.84 Å². The summed E-state index contributed by atoms with van der Waals surface area (Å²) in [5.74, 6) is 5.89. The van der Waals surface area contributed by atoms with Crippen LogP contribution >= 0.6 is 9.24 Å². The molecule has 0 aromatic heterocycles. The minimum absolute atomic E-state index is 0.102. The lowest BCUT2D eigenvalue weighted by atomic mass is 10.2. The van der Waals surface area contributed by atoms with Gasteiger partial charge in [-0.05, 0) is 31.0 Å². The van der Waals surface area contributed by atoms with Crippen LogP contribution in [0.2, 0.25) is 0 Å². The number of nitrogen functional groups attached to an aromatic ring is 1. The van der Waals surface area contributed by atoms with Crippen LogP contribution in [0.3, 0.4) is 0 Å². The Morgan fingerprint density at radius 3 is 2.81 bits per heavy atom. The smallest absolute Gasteiger partial charge is 0.148 e. The van der Waals surface area contributed by atoms with Gasteiger partial charge in [0.15, 0.2) is 0 Å². The second-order valence-corrected chi connectivity index (χ2v) is 4.47. The van der Waals surface area contributed by atoms with Crippen molar-refractivity contribution in [2.75, 3.05) is 17.3 Å². The molecule has 0 aliphatic carbocycles. The summed E-state index contributed by atoms with van der Waals surface area (Å²) in [5.41, 5.74) is 8.52. The van der Waals surface area contributed by atoms with E-state index in [1.807, 2.05) is 25.1 Å². The molecule has 1 rings (SSSR count). The van der Waals surface area contributed by atoms with Crippen molar-refractivity contribution < 1.29 is 4.79 Å². The Labute approximate surface area is 98.2 Å². The molecule has 0 amide bonds. The number of rotatable bonds is 5. The van der Waals surface area contributed by atoms with Crippen LogP contribution in [0.1, 0.15) is 18.4 Å². The lowest BCUT2D eigenvalue weighted by Crippen LogP contribution is -2.32. The first-order chi connectivity index (χ1) is 7.50. The molecule has 0 saturated carbocycles. The number of hydrogen-bond acceptors (Lipinski definition) is 4. The van der Waals surface area contributed by atoms with E-state index >= 15 is 0 Å². The summed E-state index contributed by atoms with van der Waals surface area (Å²) in [6.07, 6.45) is 1.25. The Morgan fingerprint density at radius 1 is 1.50 bits per heavy atom. The SMILES string of the molecule is Cc1ccc(N)c(N(N)CCCC(=O)P)c1. The minimum Gasteiger partial charge on any atom is -0.397 e. The van der Waals surface area contributed by atoms with E-state index in [1.165, 1.54) is 0 Å². The van der Waals surface area contributed by atoms with Crippen LogP contribution < -0.4 is 16.6 Å². The highest BCUT2D eigenvalue weighted by molar-refractivity contribution is 7.40. The molecule has 0 heterocycles. The Hall–Kier alpha value is -1.12. The molecule has 0 radical (unpaired) electrons. The average Bonchev–Trinajstić information content (AvgIpc) is 2.21. The van der Waals surface area contributed by atoms with E-state index < -0.39 is 0 Å². The van der Waals surface area contributed by atoms with E-state index in [0.29, 0.717) is 18.7 Å². The molecule has 0 aliphatic heterocycles. The van der Waals surface area contributed by atoms with Gasteiger partial charge in [-0.25, -0.2) is 5.84 Å². The van der Waals surface area contributed by atoms with E-state index in [1.54, 1.807) is 5.01 Å². The number of hydrazine groups is 1. The second-order valence-electron chi connectivity index (χ2n) is 3.83. The molecule has 1 aromatic rings. The molecule has 0 fully saturated rings. The Balaban J connectivity index is 2.61. The highest BCUT2D eigenvalue weighted by Gasteiger charge is 2.06. The average molecular weight is 239 g/mol. The Kier molecular flexibility index (Phi) is 4.71. The normalized spacial score (nSPS) is 10.2. The van der Waals surface area contributed by atoms with Gasteiger partial charge in [-0.1, -0.05) is 15.3 Å². The number of carbonyl (C=O) groups is 1. The fraction of sp³-hybridized carbons (Fsp3) is 0.364. The van der Waals surface area contributed by atoms with Crippen LogP contribution in [0.5, 0.6) is 0 Å². The van der Waals surface area contributed by atoms with Gasteiger partial charge in [0, 0.05) is 13.0 Å². The summed E-state index contributed by atoms with van der Waals surface area (Å²) in [7, 11) is 2.16. The summed E-state index contributed by atoms with van der Waals surface area (Å²) < 4.78 is 0. The molecule has 0 spiro atoms. The second kappa shape index (κ2) is 5.83. The van der Waals surface area contributed by atoms with Crippen LogP contribution in [0.4, 0.5) is 11.4 Å². The van der Waals surface area contributed by atoms with Crippen molar-refractivity contribution in [1.29, 1.82) is 0 Å². The number of aryl methyl sites for hydroxylation is 1. The highest BCUT2D eigenvalue weighted by atomic mass is 31.0. The van der Waals surface area contributed by atoms with E-state index in [-0.39, 0.29) is 5.52 Å². The summed E-state index contributed by atoms with van der Waals surface area (Å²) in [5, 5.41) is 1.59. The summed E-state index contributed by atoms with van der Waals surface area (Å²) in [6.45, 7) is 2.61. The van der Waals surface area contributed by atoms with Gasteiger partial charge in [-0.15, -0.1) is 0 Å². The van der Waals surface area contributed by atoms with Gasteiger partial charge in [0.2, 0.25) is 0 Å². The molecule has 5 heteroatoms. The number of nitrogens with two attached hydrogens (primary N) is 2. The fourth-order valence-corrected chi connectivity index (χ4v) is 1.65. The van der Waals surface area contributed by atoms with Crippen molar-refractivity contribution in [1.82, 2.24) is 0 Å². The van der Waals surface area contributed by atoms with E-state index in [4.69, 9.17) is 11.6 Å². The molecule has 0 aliphatic rings. The van der Waals surface area contributed by atoms with Crippen molar-refractivity contribution in [3.63, 3.8) is 0 Å². The standard InChI is InChI=1S/C11H18N3OP/c1-8-4-5-9(12)10(7-8)14(13)6-2-3-11(15)16/h4-5,7H,2-3,6,12-13,16H2,1H3. The fourth-order valence-electron chi connectivity index (χ4n) is 1.45. The summed E-state index contributed by atoms with van der Waals surface area (Å²) in [4.78, 5) is 10.8. The zero-order chi connectivity index (χ0) is 12.1. The predicted octanol–water partition coefficient (Wildman–Crippen LogP) is 1.44. The number of hydrogen-bond donors (Lipinski definition) is 2. The maximum absolute atomic E-state index is 10.8. The molecular weight excluding hydrogens is 221 g/mol. The van der Waals surface area contributed by atoms with Crippen LogP contribution in [0, 0.1) is 6.92 Å². The molecule has 4 nitrogen and oxygen atoms in total. The van der Waals surface area contributed by atoms with Gasteiger partial charge in [0.25, 0.3) is 0 Å². The molecule has 0 saturated heterocycles. The zero-order valence-electron chi connectivity index (χ0n) is 9.44. The monoisotopic (exact) mass is 239 g/mol. The van der Waals surface area contributed by atoms with E-state index in [2.05, 4.69) is 9.24 Å². The Bertz CT molecular complexity index is 381. The van der Waals surface area contributed by atoms with E-state index in [0.717, 1.165) is 17.7 Å². The zero-order valence-corrected chi connectivity index (χ0v) is 10.6. The van der Waals surface area contributed by atoms with Gasteiger partial charge < -0.3 is 10.7 Å². The maximum Gasteiger partial charge on any atom is 0.148 e. The topological polar surface area (TPSA) is 72.3 Å². The molecule has 0 bridgehead atoms. The first kappa shape index (κ1) is 12.9. The third-order valence-electron chi connectivity index (χ3n) is 2.32. The third kappa shape index (κ3) is 3.80. The largest absolute Gasteiger partial charge is 0.397 e. The van der Waals surface area contributed by atoms with Crippen molar-refractivity contribution in [2.45, 2.75) is 19.8 Å². The lowest BCUT2D eigenvalue weighted by molar-refractivity contribution is -0.111. The lowest BCUT2D eigenvalue weighted by Gasteiger charge is -2.20. The first-order valence-electron chi connectivity index (χ1n) is 5.17. The molecule has 88 valence electrons. The van der Waals surface area contributed by atoms with Gasteiger partial charge in [0.05, 0.1) is 11.4 Å². The van der Waals surface area contributed by atoms with Gasteiger partial charge in [-0.3, -0.25) is 4.79 Å². The number of nitrogens with zero attached hydrogens (tertiary/aromatic N) is 1. The quantitative estimate of drug-likeness (QED) is 0.353. The summed E-state index contributed by atoms with van der Waals surface area (Å²) in [6, 6.07) is 5.72. The van der Waals surface area contributed by atoms with Crippen LogP contribution in [-0.2, 0) is 4.79 Å². The highest BCUT2D eigenvalue weighted by Crippen LogP contribution is 2.22. The summed E-state index contributed by atoms with van der Waals surface area (Å²) >= 11 is 0. The minimum atomic E-state index is 0.102. The molecule has 16 heavy (non-hydrogen) atoms. The number of anilines is 2. The Morgan fingerprint density at radius 2 is 2.19 bits per heavy atom. The van der Waals surface area contributed by atoms with Crippen molar-refractivity contribution in [3.8, 4) is 0 Å². The number of benzene rings is 1. The van der Waals surface area contributed by atoms with Gasteiger partial charge in [0.1, 0.15) is 5.52 Å². The third-order valence-corrected chi connectivity index (χ3v) is 2.61. The molecule has 1 aromatic carbocycles. The van der Waals surface area contributed by atoms with Crippen LogP contribution in [0.15, 0.2) is 18.2 Å². The van der Waals surface area contributed by atoms with Crippen molar-refractivity contribution in [3.05, 3.63) is 23.8 Å². The van der Waals surface area contributed by atoms with Crippen LogP contribution in [-0.4, -0.2) is 12.1 Å². The molecule has 1 unspecified atom stereocenters. The van der Waals surface area contributed by atoms with E-state index in [9.17, 15) is 4.79 Å².